The third kappa shape index (κ3) is 3.55. The summed E-state index contributed by atoms with van der Waals surface area (Å²) in [6.07, 6.45) is 13.4. The molecule has 158 valence electrons. The molecule has 30 heavy (non-hydrogen) atoms. The first-order valence-electron chi connectivity index (χ1n) is 11.1. The molecule has 1 N–H and O–H groups in total. The van der Waals surface area contributed by atoms with E-state index < -0.39 is 0 Å². The van der Waals surface area contributed by atoms with Crippen LogP contribution in [0.25, 0.3) is 11.1 Å². The summed E-state index contributed by atoms with van der Waals surface area (Å²) >= 11 is 0. The number of aliphatic hydroxyl groups excluding tert-OH is 1. The Morgan fingerprint density at radius 1 is 1.00 bits per heavy atom. The largest absolute Gasteiger partial charge is 0.393 e. The fourth-order valence-corrected chi connectivity index (χ4v) is 5.41. The van der Waals surface area contributed by atoms with E-state index in [4.69, 9.17) is 0 Å². The van der Waals surface area contributed by atoms with Gasteiger partial charge in [0.1, 0.15) is 0 Å². The number of hydrogen-bond acceptors (Lipinski definition) is 6. The van der Waals surface area contributed by atoms with Crippen LogP contribution in [0.4, 0.5) is 5.95 Å². The second-order valence-electron chi connectivity index (χ2n) is 9.03. The predicted molar refractivity (Wildman–Crippen MR) is 114 cm³/mol. The van der Waals surface area contributed by atoms with Gasteiger partial charge in [0.2, 0.25) is 11.9 Å². The van der Waals surface area contributed by atoms with Gasteiger partial charge in [-0.25, -0.2) is 9.97 Å². The van der Waals surface area contributed by atoms with E-state index in [1.165, 1.54) is 0 Å². The van der Waals surface area contributed by atoms with Crippen molar-refractivity contribution in [2.45, 2.75) is 57.1 Å². The number of amides is 1. The van der Waals surface area contributed by atoms with Crippen LogP contribution in [0, 0.1) is 5.41 Å². The van der Waals surface area contributed by atoms with Crippen molar-refractivity contribution in [3.63, 3.8) is 0 Å². The van der Waals surface area contributed by atoms with Crippen LogP contribution in [0.3, 0.4) is 0 Å². The van der Waals surface area contributed by atoms with Crippen LogP contribution in [0.1, 0.15) is 44.9 Å². The number of aliphatic hydroxyl groups is 1. The van der Waals surface area contributed by atoms with Crippen LogP contribution >= 0.6 is 0 Å². The van der Waals surface area contributed by atoms with Gasteiger partial charge in [0.05, 0.1) is 11.5 Å². The number of nitrogens with zero attached hydrogens (tertiary/aromatic N) is 5. The number of anilines is 1. The lowest BCUT2D eigenvalue weighted by Gasteiger charge is -2.40. The molecular weight excluding hydrogens is 378 g/mol. The Bertz CT molecular complexity index is 882. The summed E-state index contributed by atoms with van der Waals surface area (Å²) in [5.41, 5.74) is 1.64. The number of aromatic nitrogens is 3. The molecule has 0 aromatic carbocycles. The highest BCUT2D eigenvalue weighted by Crippen LogP contribution is 2.43. The Balaban J connectivity index is 1.29. The van der Waals surface area contributed by atoms with E-state index in [0.717, 1.165) is 69.2 Å². The Morgan fingerprint density at radius 2 is 1.80 bits per heavy atom. The molecule has 1 atom stereocenters. The Morgan fingerprint density at radius 3 is 2.53 bits per heavy atom. The van der Waals surface area contributed by atoms with Crippen molar-refractivity contribution in [1.82, 2.24) is 19.9 Å². The SMILES string of the molecule is O=C1N(C2CCC(O)CC2)CC[C@]12CCCN(c1ncc(-c3cccnc3)cn1)C2. The predicted octanol–water partition coefficient (Wildman–Crippen LogP) is 2.66. The highest BCUT2D eigenvalue weighted by molar-refractivity contribution is 5.86. The van der Waals surface area contributed by atoms with E-state index in [1.54, 1.807) is 6.20 Å². The number of rotatable bonds is 3. The molecule has 3 aliphatic rings. The van der Waals surface area contributed by atoms with Gasteiger partial charge in [-0.15, -0.1) is 0 Å². The van der Waals surface area contributed by atoms with E-state index in [2.05, 4.69) is 24.8 Å². The molecule has 0 unspecified atom stereocenters. The zero-order valence-electron chi connectivity index (χ0n) is 17.3. The molecule has 5 rings (SSSR count). The van der Waals surface area contributed by atoms with E-state index in [9.17, 15) is 9.90 Å². The van der Waals surface area contributed by atoms with Gasteiger partial charge in [-0.3, -0.25) is 9.78 Å². The van der Waals surface area contributed by atoms with E-state index in [0.29, 0.717) is 24.4 Å². The lowest BCUT2D eigenvalue weighted by atomic mass is 9.78. The maximum atomic E-state index is 13.5. The molecule has 1 amide bonds. The minimum atomic E-state index is -0.306. The van der Waals surface area contributed by atoms with Gasteiger partial charge in [0.15, 0.2) is 0 Å². The van der Waals surface area contributed by atoms with Crippen LogP contribution in [-0.2, 0) is 4.79 Å². The summed E-state index contributed by atoms with van der Waals surface area (Å²) in [4.78, 5) is 31.1. The average molecular weight is 408 g/mol. The topological polar surface area (TPSA) is 82.5 Å². The van der Waals surface area contributed by atoms with Crippen molar-refractivity contribution >= 4 is 11.9 Å². The average Bonchev–Trinajstić information content (AvgIpc) is 3.10. The van der Waals surface area contributed by atoms with Gasteiger partial charge in [-0.05, 0) is 51.0 Å². The number of hydrogen-bond donors (Lipinski definition) is 1. The third-order valence-electron chi connectivity index (χ3n) is 7.15. The van der Waals surface area contributed by atoms with Gasteiger partial charge in [-0.2, -0.15) is 0 Å². The van der Waals surface area contributed by atoms with Crippen LogP contribution in [-0.4, -0.2) is 62.6 Å². The van der Waals surface area contributed by atoms with Crippen LogP contribution in [0.2, 0.25) is 0 Å². The molecule has 4 heterocycles. The van der Waals surface area contributed by atoms with Crippen molar-refractivity contribution in [1.29, 1.82) is 0 Å². The number of pyridine rings is 1. The molecule has 2 saturated heterocycles. The van der Waals surface area contributed by atoms with Crippen molar-refractivity contribution in [3.05, 3.63) is 36.9 Å². The molecule has 1 spiro atoms. The highest BCUT2D eigenvalue weighted by Gasteiger charge is 2.50. The first kappa shape index (κ1) is 19.4. The molecule has 3 fully saturated rings. The highest BCUT2D eigenvalue weighted by atomic mass is 16.3. The molecule has 7 nitrogen and oxygen atoms in total. The van der Waals surface area contributed by atoms with Crippen molar-refractivity contribution in [2.75, 3.05) is 24.5 Å². The molecule has 2 aromatic rings. The van der Waals surface area contributed by atoms with Crippen molar-refractivity contribution < 1.29 is 9.90 Å². The quantitative estimate of drug-likeness (QED) is 0.842. The second kappa shape index (κ2) is 7.95. The van der Waals surface area contributed by atoms with Crippen LogP contribution < -0.4 is 4.90 Å². The van der Waals surface area contributed by atoms with Crippen LogP contribution in [0.15, 0.2) is 36.9 Å². The molecule has 1 saturated carbocycles. The first-order valence-corrected chi connectivity index (χ1v) is 11.1. The molecule has 1 aliphatic carbocycles. The van der Waals surface area contributed by atoms with Gasteiger partial charge in [-0.1, -0.05) is 6.07 Å². The molecule has 7 heteroatoms. The monoisotopic (exact) mass is 407 g/mol. The number of piperidine rings is 1. The maximum absolute atomic E-state index is 13.5. The summed E-state index contributed by atoms with van der Waals surface area (Å²) in [5.74, 6) is 1.01. The summed E-state index contributed by atoms with van der Waals surface area (Å²) in [6, 6.07) is 4.20. The number of carbonyl (C=O) groups is 1. The summed E-state index contributed by atoms with van der Waals surface area (Å²) < 4.78 is 0. The molecular formula is C23H29N5O2. The van der Waals surface area contributed by atoms with Gasteiger partial charge in [0.25, 0.3) is 0 Å². The van der Waals surface area contributed by atoms with Crippen molar-refractivity contribution in [2.24, 2.45) is 5.41 Å². The van der Waals surface area contributed by atoms with Gasteiger partial charge < -0.3 is 14.9 Å². The minimum absolute atomic E-state index is 0.190. The molecule has 0 radical (unpaired) electrons. The molecule has 2 aromatic heterocycles. The number of likely N-dealkylation sites (tertiary alicyclic amines) is 1. The van der Waals surface area contributed by atoms with E-state index in [1.807, 2.05) is 30.7 Å². The van der Waals surface area contributed by atoms with Gasteiger partial charge >= 0.3 is 0 Å². The van der Waals surface area contributed by atoms with E-state index >= 15 is 0 Å². The fraction of sp³-hybridized carbons (Fsp3) is 0.565. The Hall–Kier alpha value is -2.54. The third-order valence-corrected chi connectivity index (χ3v) is 7.15. The maximum Gasteiger partial charge on any atom is 0.230 e. The fourth-order valence-electron chi connectivity index (χ4n) is 5.41. The standard InChI is InChI=1S/C23H29N5O2/c29-20-6-4-19(5-7-20)28-12-9-23(21(28)30)8-2-11-27(16-23)22-25-14-18(15-26-22)17-3-1-10-24-13-17/h1,3,10,13-15,19-20,29H,2,4-9,11-12,16H2/t19?,20?,23-/m0/s1. The number of carbonyl (C=O) groups excluding carboxylic acids is 1. The van der Waals surface area contributed by atoms with Crippen LogP contribution in [0.5, 0.6) is 0 Å². The van der Waals surface area contributed by atoms with E-state index in [-0.39, 0.29) is 11.5 Å². The lowest BCUT2D eigenvalue weighted by molar-refractivity contribution is -0.139. The minimum Gasteiger partial charge on any atom is -0.393 e. The summed E-state index contributed by atoms with van der Waals surface area (Å²) in [6.45, 7) is 2.43. The normalized spacial score (nSPS) is 29.6. The first-order chi connectivity index (χ1) is 14.6. The second-order valence-corrected chi connectivity index (χ2v) is 9.03. The molecule has 0 bridgehead atoms. The lowest BCUT2D eigenvalue weighted by Crippen LogP contribution is -2.50. The Labute approximate surface area is 177 Å². The smallest absolute Gasteiger partial charge is 0.230 e. The molecule has 2 aliphatic heterocycles. The zero-order valence-corrected chi connectivity index (χ0v) is 17.3. The summed E-state index contributed by atoms with van der Waals surface area (Å²) in [5, 5.41) is 9.80. The van der Waals surface area contributed by atoms with Gasteiger partial charge in [0, 0.05) is 61.6 Å². The van der Waals surface area contributed by atoms with Crippen molar-refractivity contribution in [3.8, 4) is 11.1 Å². The summed E-state index contributed by atoms with van der Waals surface area (Å²) in [7, 11) is 0. The Kier molecular flexibility index (Phi) is 5.15. The zero-order chi connectivity index (χ0) is 20.6.